The van der Waals surface area contributed by atoms with Gasteiger partial charge in [-0.2, -0.15) is 0 Å². The zero-order valence-corrected chi connectivity index (χ0v) is 17.8. The number of amides is 1. The Morgan fingerprint density at radius 2 is 1.81 bits per heavy atom. The maximum atomic E-state index is 12.5. The van der Waals surface area contributed by atoms with E-state index in [9.17, 15) is 9.59 Å². The summed E-state index contributed by atoms with van der Waals surface area (Å²) in [6.07, 6.45) is -0.895. The van der Waals surface area contributed by atoms with Gasteiger partial charge >= 0.3 is 5.97 Å². The van der Waals surface area contributed by atoms with Gasteiger partial charge in [0, 0.05) is 35.7 Å². The van der Waals surface area contributed by atoms with Crippen LogP contribution < -0.4 is 10.2 Å². The molecular weight excluding hydrogens is 394 g/mol. The SMILES string of the molecule is Cc1cc2ccccc2n1CC(=O)OC(C)C(=O)Nc1ccc(N2CCOCC2)cc1. The Morgan fingerprint density at radius 1 is 1.10 bits per heavy atom. The lowest BCUT2D eigenvalue weighted by Gasteiger charge is -2.28. The van der Waals surface area contributed by atoms with E-state index in [-0.39, 0.29) is 12.5 Å². The predicted molar refractivity (Wildman–Crippen MR) is 120 cm³/mol. The highest BCUT2D eigenvalue weighted by Crippen LogP contribution is 2.20. The number of aromatic nitrogens is 1. The number of ether oxygens (including phenoxy) is 2. The quantitative estimate of drug-likeness (QED) is 0.618. The molecule has 0 saturated carbocycles. The number of anilines is 2. The first-order valence-electron chi connectivity index (χ1n) is 10.5. The second-order valence-corrected chi connectivity index (χ2v) is 7.70. The van der Waals surface area contributed by atoms with Gasteiger partial charge in [-0.1, -0.05) is 18.2 Å². The Balaban J connectivity index is 1.32. The number of hydrogen-bond donors (Lipinski definition) is 1. The third kappa shape index (κ3) is 4.88. The minimum Gasteiger partial charge on any atom is -0.451 e. The van der Waals surface area contributed by atoms with E-state index >= 15 is 0 Å². The fourth-order valence-corrected chi connectivity index (χ4v) is 3.80. The van der Waals surface area contributed by atoms with E-state index < -0.39 is 12.1 Å². The van der Waals surface area contributed by atoms with Crippen LogP contribution >= 0.6 is 0 Å². The van der Waals surface area contributed by atoms with Crippen LogP contribution in [-0.2, 0) is 25.6 Å². The molecule has 7 nitrogen and oxygen atoms in total. The molecule has 7 heteroatoms. The second kappa shape index (κ2) is 9.22. The number of benzene rings is 2. The zero-order valence-electron chi connectivity index (χ0n) is 17.8. The van der Waals surface area contributed by atoms with Crippen molar-refractivity contribution in [2.45, 2.75) is 26.5 Å². The minimum absolute atomic E-state index is 0.0607. The van der Waals surface area contributed by atoms with Gasteiger partial charge in [-0.05, 0) is 55.6 Å². The molecule has 0 spiro atoms. The summed E-state index contributed by atoms with van der Waals surface area (Å²) >= 11 is 0. The number of rotatable bonds is 6. The third-order valence-corrected chi connectivity index (χ3v) is 5.49. The van der Waals surface area contributed by atoms with Crippen molar-refractivity contribution in [3.05, 3.63) is 60.3 Å². The zero-order chi connectivity index (χ0) is 21.8. The number of carbonyl (C=O) groups excluding carboxylic acids is 2. The van der Waals surface area contributed by atoms with Crippen LogP contribution in [0.1, 0.15) is 12.6 Å². The Morgan fingerprint density at radius 3 is 2.55 bits per heavy atom. The number of aryl methyl sites for hydroxylation is 1. The van der Waals surface area contributed by atoms with Gasteiger partial charge in [0.1, 0.15) is 6.54 Å². The van der Waals surface area contributed by atoms with E-state index in [1.54, 1.807) is 6.92 Å². The van der Waals surface area contributed by atoms with Gasteiger partial charge in [-0.3, -0.25) is 9.59 Å². The summed E-state index contributed by atoms with van der Waals surface area (Å²) < 4.78 is 12.7. The molecule has 31 heavy (non-hydrogen) atoms. The Labute approximate surface area is 181 Å². The smallest absolute Gasteiger partial charge is 0.326 e. The van der Waals surface area contributed by atoms with E-state index in [2.05, 4.69) is 10.2 Å². The highest BCUT2D eigenvalue weighted by molar-refractivity contribution is 5.95. The standard InChI is InChI=1S/C24H27N3O4/c1-17-15-19-5-3-4-6-22(19)27(17)16-23(28)31-18(2)24(29)25-20-7-9-21(10-8-20)26-11-13-30-14-12-26/h3-10,15,18H,11-14,16H2,1-2H3,(H,25,29). The molecule has 0 aliphatic carbocycles. The van der Waals surface area contributed by atoms with Crippen molar-refractivity contribution in [2.75, 3.05) is 36.5 Å². The molecule has 1 atom stereocenters. The lowest BCUT2D eigenvalue weighted by Crippen LogP contribution is -2.36. The summed E-state index contributed by atoms with van der Waals surface area (Å²) in [6.45, 7) is 6.74. The maximum Gasteiger partial charge on any atom is 0.326 e. The number of hydrogen-bond acceptors (Lipinski definition) is 5. The monoisotopic (exact) mass is 421 g/mol. The van der Waals surface area contributed by atoms with Gasteiger partial charge in [0.15, 0.2) is 6.10 Å². The van der Waals surface area contributed by atoms with Crippen LogP contribution in [0.25, 0.3) is 10.9 Å². The van der Waals surface area contributed by atoms with Crippen molar-refractivity contribution in [1.29, 1.82) is 0 Å². The Kier molecular flexibility index (Phi) is 6.23. The van der Waals surface area contributed by atoms with E-state index in [1.165, 1.54) is 0 Å². The van der Waals surface area contributed by atoms with Gasteiger partial charge in [-0.15, -0.1) is 0 Å². The summed E-state index contributed by atoms with van der Waals surface area (Å²) in [4.78, 5) is 27.2. The molecule has 1 fully saturated rings. The summed E-state index contributed by atoms with van der Waals surface area (Å²) in [5.41, 5.74) is 3.69. The molecule has 1 unspecified atom stereocenters. The average molecular weight is 421 g/mol. The average Bonchev–Trinajstić information content (AvgIpc) is 3.09. The number of carbonyl (C=O) groups is 2. The first kappa shape index (κ1) is 20.9. The molecule has 0 radical (unpaired) electrons. The van der Waals surface area contributed by atoms with Crippen LogP contribution in [0.15, 0.2) is 54.6 Å². The molecular formula is C24H27N3O4. The van der Waals surface area contributed by atoms with Crippen LogP contribution in [0.4, 0.5) is 11.4 Å². The van der Waals surface area contributed by atoms with E-state index in [1.807, 2.05) is 66.1 Å². The highest BCUT2D eigenvalue weighted by atomic mass is 16.5. The Hall–Kier alpha value is -3.32. The molecule has 2 aromatic carbocycles. The molecule has 0 bridgehead atoms. The highest BCUT2D eigenvalue weighted by Gasteiger charge is 2.19. The molecule has 1 saturated heterocycles. The van der Waals surface area contributed by atoms with Gasteiger partial charge in [0.2, 0.25) is 0 Å². The molecule has 1 aromatic heterocycles. The molecule has 1 amide bonds. The van der Waals surface area contributed by atoms with Crippen molar-refractivity contribution in [3.63, 3.8) is 0 Å². The number of morpholine rings is 1. The fourth-order valence-electron chi connectivity index (χ4n) is 3.80. The van der Waals surface area contributed by atoms with Crippen LogP contribution in [0.3, 0.4) is 0 Å². The topological polar surface area (TPSA) is 72.8 Å². The predicted octanol–water partition coefficient (Wildman–Crippen LogP) is 3.36. The van der Waals surface area contributed by atoms with E-state index in [4.69, 9.17) is 9.47 Å². The lowest BCUT2D eigenvalue weighted by molar-refractivity contribution is -0.153. The third-order valence-electron chi connectivity index (χ3n) is 5.49. The second-order valence-electron chi connectivity index (χ2n) is 7.70. The van der Waals surface area contributed by atoms with Crippen LogP contribution in [-0.4, -0.2) is 48.9 Å². The molecule has 3 aromatic rings. The number of nitrogens with zero attached hydrogens (tertiary/aromatic N) is 2. The van der Waals surface area contributed by atoms with Crippen LogP contribution in [0, 0.1) is 6.92 Å². The van der Waals surface area contributed by atoms with Crippen molar-refractivity contribution >= 4 is 34.2 Å². The largest absolute Gasteiger partial charge is 0.451 e. The molecule has 162 valence electrons. The van der Waals surface area contributed by atoms with Gasteiger partial charge in [-0.25, -0.2) is 0 Å². The fraction of sp³-hybridized carbons (Fsp3) is 0.333. The van der Waals surface area contributed by atoms with Crippen molar-refractivity contribution in [2.24, 2.45) is 0 Å². The van der Waals surface area contributed by atoms with Crippen LogP contribution in [0.5, 0.6) is 0 Å². The van der Waals surface area contributed by atoms with Crippen molar-refractivity contribution < 1.29 is 19.1 Å². The molecule has 1 N–H and O–H groups in total. The first-order valence-corrected chi connectivity index (χ1v) is 10.5. The summed E-state index contributed by atoms with van der Waals surface area (Å²) in [6, 6.07) is 17.5. The van der Waals surface area contributed by atoms with Crippen molar-refractivity contribution in [3.8, 4) is 0 Å². The van der Waals surface area contributed by atoms with Gasteiger partial charge in [0.05, 0.1) is 13.2 Å². The van der Waals surface area contributed by atoms with E-state index in [0.29, 0.717) is 5.69 Å². The number of esters is 1. The first-order chi connectivity index (χ1) is 15.0. The summed E-state index contributed by atoms with van der Waals surface area (Å²) in [5.74, 6) is -0.809. The lowest BCUT2D eigenvalue weighted by atomic mass is 10.2. The molecule has 4 rings (SSSR count). The summed E-state index contributed by atoms with van der Waals surface area (Å²) in [5, 5.41) is 3.88. The molecule has 1 aliphatic rings. The van der Waals surface area contributed by atoms with Gasteiger partial charge < -0.3 is 24.3 Å². The number of para-hydroxylation sites is 1. The summed E-state index contributed by atoms with van der Waals surface area (Å²) in [7, 11) is 0. The number of fused-ring (bicyclic) bond motifs is 1. The minimum atomic E-state index is -0.895. The normalized spacial score (nSPS) is 15.0. The van der Waals surface area contributed by atoms with Crippen LogP contribution in [0.2, 0.25) is 0 Å². The van der Waals surface area contributed by atoms with Crippen molar-refractivity contribution in [1.82, 2.24) is 4.57 Å². The molecule has 2 heterocycles. The van der Waals surface area contributed by atoms with E-state index in [0.717, 1.165) is 48.6 Å². The number of nitrogens with one attached hydrogen (secondary N) is 1. The molecule has 1 aliphatic heterocycles. The maximum absolute atomic E-state index is 12.5. The Bertz CT molecular complexity index is 1070. The van der Waals surface area contributed by atoms with Gasteiger partial charge in [0.25, 0.3) is 5.91 Å².